The van der Waals surface area contributed by atoms with E-state index < -0.39 is 0 Å². The van der Waals surface area contributed by atoms with Crippen LogP contribution in [0.1, 0.15) is 52.3 Å². The van der Waals surface area contributed by atoms with Gasteiger partial charge in [-0.05, 0) is 56.2 Å². The fraction of sp³-hybridized carbons (Fsp3) is 0.280. The van der Waals surface area contributed by atoms with E-state index in [1.54, 1.807) is 36.8 Å². The van der Waals surface area contributed by atoms with Gasteiger partial charge in [-0.25, -0.2) is 9.97 Å². The number of aromatic nitrogens is 4. The molecule has 0 unspecified atom stereocenters. The Labute approximate surface area is 212 Å². The molecule has 0 saturated carbocycles. The maximum atomic E-state index is 13.3. The quantitative estimate of drug-likeness (QED) is 0.387. The molecule has 2 aromatic heterocycles. The van der Waals surface area contributed by atoms with Gasteiger partial charge in [0.05, 0.1) is 34.0 Å². The predicted octanol–water partition coefficient (Wildman–Crippen LogP) is 4.86. The molecular formula is C25H24Cl2N6O2. The lowest BCUT2D eigenvalue weighted by Crippen LogP contribution is -2.38. The molecule has 1 saturated heterocycles. The molecule has 0 aliphatic carbocycles. The summed E-state index contributed by atoms with van der Waals surface area (Å²) in [6.07, 6.45) is 7.24. The second kappa shape index (κ2) is 9.71. The number of rotatable bonds is 6. The number of carbonyl (C=O) groups is 2. The van der Waals surface area contributed by atoms with Crippen molar-refractivity contribution in [2.75, 3.05) is 6.54 Å². The van der Waals surface area contributed by atoms with Gasteiger partial charge in [-0.2, -0.15) is 0 Å². The van der Waals surface area contributed by atoms with E-state index in [1.807, 2.05) is 28.7 Å². The van der Waals surface area contributed by atoms with E-state index in [0.29, 0.717) is 35.1 Å². The maximum absolute atomic E-state index is 13.3. The van der Waals surface area contributed by atoms with Crippen LogP contribution in [0.15, 0.2) is 55.1 Å². The molecule has 0 bridgehead atoms. The first-order valence-electron chi connectivity index (χ1n) is 11.4. The third-order valence-corrected chi connectivity index (χ3v) is 6.85. The van der Waals surface area contributed by atoms with Crippen LogP contribution in [0.3, 0.4) is 0 Å². The molecule has 10 heteroatoms. The molecule has 2 N–H and O–H groups in total. The number of H-pyrrole nitrogens is 1. The average Bonchev–Trinajstić information content (AvgIpc) is 3.59. The minimum absolute atomic E-state index is 0.0790. The van der Waals surface area contributed by atoms with Crippen LogP contribution in [-0.2, 0) is 6.54 Å². The molecule has 3 heterocycles. The highest BCUT2D eigenvalue weighted by Crippen LogP contribution is 2.26. The number of nitrogens with one attached hydrogen (secondary N) is 2. The van der Waals surface area contributed by atoms with Crippen molar-refractivity contribution in [3.63, 3.8) is 0 Å². The monoisotopic (exact) mass is 510 g/mol. The van der Waals surface area contributed by atoms with Gasteiger partial charge in [0.1, 0.15) is 5.82 Å². The number of amides is 2. The number of halogens is 2. The first-order chi connectivity index (χ1) is 16.9. The van der Waals surface area contributed by atoms with Crippen LogP contribution < -0.4 is 5.32 Å². The lowest BCUT2D eigenvalue weighted by molar-refractivity contribution is 0.0723. The zero-order valence-corrected chi connectivity index (χ0v) is 20.6. The summed E-state index contributed by atoms with van der Waals surface area (Å²) < 4.78 is 1.98. The minimum Gasteiger partial charge on any atom is -0.342 e. The number of aromatic amines is 1. The summed E-state index contributed by atoms with van der Waals surface area (Å²) in [7, 11) is 0. The lowest BCUT2D eigenvalue weighted by atomic mass is 10.1. The highest BCUT2D eigenvalue weighted by atomic mass is 35.5. The first-order valence-corrected chi connectivity index (χ1v) is 12.2. The molecule has 0 spiro atoms. The third kappa shape index (κ3) is 4.90. The number of nitrogens with zero attached hydrogens (tertiary/aromatic N) is 4. The van der Waals surface area contributed by atoms with Crippen molar-refractivity contribution >= 4 is 46.0 Å². The summed E-state index contributed by atoms with van der Waals surface area (Å²) in [6, 6.07) is 9.87. The van der Waals surface area contributed by atoms with Gasteiger partial charge < -0.3 is 19.8 Å². The number of fused-ring (bicyclic) bond motifs is 1. The standard InChI is InChI=1S/C25H24Cl2N6O2/c1-15(23-30-21-7-5-17(26)12-22(21)31-23)29-24(34)16-4-6-19(20(27)11-16)25(35)33-9-2-3-18(33)13-32-10-8-28-14-32/h4-8,10-12,14-15,18H,2-3,9,13H2,1H3,(H,29,34)(H,30,31)/t15-,18+/m0/s1. The van der Waals surface area contributed by atoms with E-state index in [1.165, 1.54) is 6.07 Å². The van der Waals surface area contributed by atoms with E-state index >= 15 is 0 Å². The van der Waals surface area contributed by atoms with Crippen molar-refractivity contribution in [3.8, 4) is 0 Å². The summed E-state index contributed by atoms with van der Waals surface area (Å²) in [4.78, 5) is 39.8. The van der Waals surface area contributed by atoms with Crippen molar-refractivity contribution in [1.82, 2.24) is 29.7 Å². The molecule has 5 rings (SSSR count). The molecule has 1 aliphatic rings. The maximum Gasteiger partial charge on any atom is 0.255 e. The second-order valence-corrected chi connectivity index (χ2v) is 9.57. The Morgan fingerprint density at radius 3 is 2.86 bits per heavy atom. The lowest BCUT2D eigenvalue weighted by Gasteiger charge is -2.25. The molecular weight excluding hydrogens is 487 g/mol. The van der Waals surface area contributed by atoms with Crippen molar-refractivity contribution in [2.24, 2.45) is 0 Å². The highest BCUT2D eigenvalue weighted by Gasteiger charge is 2.31. The van der Waals surface area contributed by atoms with Gasteiger partial charge in [-0.1, -0.05) is 23.2 Å². The van der Waals surface area contributed by atoms with Gasteiger partial charge in [-0.3, -0.25) is 9.59 Å². The van der Waals surface area contributed by atoms with Gasteiger partial charge in [0.15, 0.2) is 0 Å². The number of carbonyl (C=O) groups excluding carboxylic acids is 2. The SMILES string of the molecule is C[C@H](NC(=O)c1ccc(C(=O)N2CCC[C@@H]2Cn2ccnc2)c(Cl)c1)c1nc2ccc(Cl)cc2[nH]1. The summed E-state index contributed by atoms with van der Waals surface area (Å²) in [5.41, 5.74) is 2.33. The van der Waals surface area contributed by atoms with Gasteiger partial charge >= 0.3 is 0 Å². The topological polar surface area (TPSA) is 95.9 Å². The van der Waals surface area contributed by atoms with Crippen LogP contribution in [0.5, 0.6) is 0 Å². The smallest absolute Gasteiger partial charge is 0.255 e. The number of hydrogen-bond donors (Lipinski definition) is 2. The summed E-state index contributed by atoms with van der Waals surface area (Å²) >= 11 is 12.5. The number of hydrogen-bond acceptors (Lipinski definition) is 4. The molecule has 180 valence electrons. The van der Waals surface area contributed by atoms with Gasteiger partial charge in [-0.15, -0.1) is 0 Å². The summed E-state index contributed by atoms with van der Waals surface area (Å²) in [5, 5.41) is 3.78. The van der Waals surface area contributed by atoms with Crippen LogP contribution in [0.4, 0.5) is 0 Å². The molecule has 35 heavy (non-hydrogen) atoms. The summed E-state index contributed by atoms with van der Waals surface area (Å²) in [5.74, 6) is 0.182. The second-order valence-electron chi connectivity index (χ2n) is 8.73. The minimum atomic E-state index is -0.373. The Bertz CT molecular complexity index is 1380. The molecule has 2 aromatic carbocycles. The van der Waals surface area contributed by atoms with Gasteiger partial charge in [0.25, 0.3) is 11.8 Å². The fourth-order valence-electron chi connectivity index (χ4n) is 4.47. The van der Waals surface area contributed by atoms with Gasteiger partial charge in [0.2, 0.25) is 0 Å². The average molecular weight is 511 g/mol. The Kier molecular flexibility index (Phi) is 6.49. The van der Waals surface area contributed by atoms with Crippen LogP contribution in [-0.4, -0.2) is 48.8 Å². The summed E-state index contributed by atoms with van der Waals surface area (Å²) in [6.45, 7) is 3.21. The Morgan fingerprint density at radius 2 is 2.09 bits per heavy atom. The molecule has 1 aliphatic heterocycles. The predicted molar refractivity (Wildman–Crippen MR) is 135 cm³/mol. The van der Waals surface area contributed by atoms with Gasteiger partial charge in [0, 0.05) is 42.1 Å². The zero-order valence-electron chi connectivity index (χ0n) is 19.0. The largest absolute Gasteiger partial charge is 0.342 e. The number of likely N-dealkylation sites (tertiary alicyclic amines) is 1. The third-order valence-electron chi connectivity index (χ3n) is 6.30. The molecule has 8 nitrogen and oxygen atoms in total. The normalized spacial score (nSPS) is 16.5. The van der Waals surface area contributed by atoms with E-state index in [-0.39, 0.29) is 28.9 Å². The molecule has 2 amide bonds. The molecule has 0 radical (unpaired) electrons. The van der Waals surface area contributed by atoms with Crippen molar-refractivity contribution in [3.05, 3.63) is 82.1 Å². The zero-order chi connectivity index (χ0) is 24.5. The number of benzene rings is 2. The Morgan fingerprint density at radius 1 is 1.23 bits per heavy atom. The van der Waals surface area contributed by atoms with Crippen LogP contribution in [0.25, 0.3) is 11.0 Å². The van der Waals surface area contributed by atoms with Crippen molar-refractivity contribution in [2.45, 2.75) is 38.4 Å². The van der Waals surface area contributed by atoms with Crippen molar-refractivity contribution < 1.29 is 9.59 Å². The Balaban J connectivity index is 1.28. The van der Waals surface area contributed by atoms with E-state index in [9.17, 15) is 9.59 Å². The molecule has 4 aromatic rings. The first kappa shape index (κ1) is 23.4. The van der Waals surface area contributed by atoms with Crippen LogP contribution >= 0.6 is 23.2 Å². The van der Waals surface area contributed by atoms with E-state index in [2.05, 4.69) is 20.3 Å². The van der Waals surface area contributed by atoms with Crippen molar-refractivity contribution in [1.29, 1.82) is 0 Å². The molecule has 1 fully saturated rings. The molecule has 2 atom stereocenters. The fourth-order valence-corrected chi connectivity index (χ4v) is 4.90. The highest BCUT2D eigenvalue weighted by molar-refractivity contribution is 6.34. The van der Waals surface area contributed by atoms with Crippen LogP contribution in [0.2, 0.25) is 10.0 Å². The number of imidazole rings is 2. The van der Waals surface area contributed by atoms with E-state index in [4.69, 9.17) is 23.2 Å². The van der Waals surface area contributed by atoms with E-state index in [0.717, 1.165) is 23.9 Å². The Hall–Kier alpha value is -3.36. The van der Waals surface area contributed by atoms with Crippen LogP contribution in [0, 0.1) is 0 Å².